The molecule has 0 saturated heterocycles. The van der Waals surface area contributed by atoms with Crippen LogP contribution in [-0.2, 0) is 11.2 Å². The van der Waals surface area contributed by atoms with Crippen molar-refractivity contribution in [1.29, 1.82) is 0 Å². The first-order chi connectivity index (χ1) is 7.69. The Morgan fingerprint density at radius 2 is 1.62 bits per heavy atom. The maximum absolute atomic E-state index is 11.1. The summed E-state index contributed by atoms with van der Waals surface area (Å²) in [5.74, 6) is 0.0733. The molecule has 0 aliphatic rings. The van der Waals surface area contributed by atoms with Crippen molar-refractivity contribution in [3.8, 4) is 0 Å². The van der Waals surface area contributed by atoms with Crippen molar-refractivity contribution in [2.45, 2.75) is 12.8 Å². The summed E-state index contributed by atoms with van der Waals surface area (Å²) >= 11 is 0. The van der Waals surface area contributed by atoms with Gasteiger partial charge < -0.3 is 0 Å². The molecule has 0 atom stereocenters. The first kappa shape index (κ1) is 12.2. The second-order valence-electron chi connectivity index (χ2n) is 3.59. The standard InChI is InChI=1S/C15H16O/c1-4-12-9-13(5-2)11-14(10-12)7-8-15(16)6-3/h4-6,9-11H,1-3,7-8H2. The van der Waals surface area contributed by atoms with Crippen LogP contribution in [0, 0.1) is 0 Å². The lowest BCUT2D eigenvalue weighted by Crippen LogP contribution is -1.96. The normalized spacial score (nSPS) is 9.50. The average molecular weight is 212 g/mol. The molecule has 0 aliphatic carbocycles. The van der Waals surface area contributed by atoms with Crippen LogP contribution in [-0.4, -0.2) is 5.78 Å². The van der Waals surface area contributed by atoms with E-state index in [0.29, 0.717) is 6.42 Å². The highest BCUT2D eigenvalue weighted by molar-refractivity contribution is 5.89. The Kier molecular flexibility index (Phi) is 4.46. The fourth-order valence-electron chi connectivity index (χ4n) is 1.50. The molecule has 0 radical (unpaired) electrons. The van der Waals surface area contributed by atoms with Gasteiger partial charge in [-0.1, -0.05) is 44.0 Å². The predicted molar refractivity (Wildman–Crippen MR) is 70.1 cm³/mol. The van der Waals surface area contributed by atoms with Crippen LogP contribution in [0.2, 0.25) is 0 Å². The van der Waals surface area contributed by atoms with Gasteiger partial charge in [0.2, 0.25) is 0 Å². The Hall–Kier alpha value is -1.89. The molecular weight excluding hydrogens is 196 g/mol. The van der Waals surface area contributed by atoms with Gasteiger partial charge in [0, 0.05) is 6.42 Å². The van der Waals surface area contributed by atoms with Crippen molar-refractivity contribution in [2.24, 2.45) is 0 Å². The summed E-state index contributed by atoms with van der Waals surface area (Å²) < 4.78 is 0. The number of ketones is 1. The number of rotatable bonds is 6. The smallest absolute Gasteiger partial charge is 0.155 e. The minimum Gasteiger partial charge on any atom is -0.295 e. The van der Waals surface area contributed by atoms with Gasteiger partial charge in [0.05, 0.1) is 0 Å². The zero-order chi connectivity index (χ0) is 12.0. The highest BCUT2D eigenvalue weighted by Crippen LogP contribution is 2.14. The van der Waals surface area contributed by atoms with Gasteiger partial charge >= 0.3 is 0 Å². The molecule has 0 saturated carbocycles. The van der Waals surface area contributed by atoms with E-state index >= 15 is 0 Å². The highest BCUT2D eigenvalue weighted by atomic mass is 16.1. The lowest BCUT2D eigenvalue weighted by atomic mass is 10.0. The monoisotopic (exact) mass is 212 g/mol. The number of aryl methyl sites for hydroxylation is 1. The summed E-state index contributed by atoms with van der Waals surface area (Å²) in [7, 11) is 0. The van der Waals surface area contributed by atoms with Crippen molar-refractivity contribution in [2.75, 3.05) is 0 Å². The molecule has 0 spiro atoms. The second-order valence-corrected chi connectivity index (χ2v) is 3.59. The fraction of sp³-hybridized carbons (Fsp3) is 0.133. The van der Waals surface area contributed by atoms with Crippen LogP contribution >= 0.6 is 0 Å². The summed E-state index contributed by atoms with van der Waals surface area (Å²) in [6.45, 7) is 10.9. The zero-order valence-corrected chi connectivity index (χ0v) is 9.41. The van der Waals surface area contributed by atoms with E-state index in [9.17, 15) is 4.79 Å². The number of hydrogen-bond donors (Lipinski definition) is 0. The van der Waals surface area contributed by atoms with Crippen LogP contribution in [0.15, 0.2) is 44.0 Å². The van der Waals surface area contributed by atoms with E-state index < -0.39 is 0 Å². The molecule has 1 nitrogen and oxygen atoms in total. The molecule has 1 aromatic carbocycles. The lowest BCUT2D eigenvalue weighted by molar-refractivity contribution is -0.114. The molecule has 0 N–H and O–H groups in total. The van der Waals surface area contributed by atoms with Gasteiger partial charge in [-0.15, -0.1) is 0 Å². The molecule has 1 aromatic rings. The highest BCUT2D eigenvalue weighted by Gasteiger charge is 2.00. The number of benzene rings is 1. The van der Waals surface area contributed by atoms with E-state index in [-0.39, 0.29) is 5.78 Å². The minimum atomic E-state index is 0.0733. The maximum atomic E-state index is 11.1. The quantitative estimate of drug-likeness (QED) is 0.658. The van der Waals surface area contributed by atoms with Gasteiger partial charge in [0.15, 0.2) is 5.78 Å². The minimum absolute atomic E-state index is 0.0733. The molecule has 0 bridgehead atoms. The number of hydrogen-bond acceptors (Lipinski definition) is 1. The first-order valence-corrected chi connectivity index (χ1v) is 5.23. The molecule has 16 heavy (non-hydrogen) atoms. The summed E-state index contributed by atoms with van der Waals surface area (Å²) in [6, 6.07) is 6.09. The Balaban J connectivity index is 2.86. The molecule has 1 heteroatoms. The topological polar surface area (TPSA) is 17.1 Å². The van der Waals surface area contributed by atoms with Gasteiger partial charge in [0.1, 0.15) is 0 Å². The van der Waals surface area contributed by atoms with Crippen LogP contribution in [0.25, 0.3) is 12.2 Å². The lowest BCUT2D eigenvalue weighted by Gasteiger charge is -2.04. The molecule has 0 heterocycles. The molecule has 1 rings (SSSR count). The van der Waals surface area contributed by atoms with Crippen LogP contribution < -0.4 is 0 Å². The molecule has 0 fully saturated rings. The van der Waals surface area contributed by atoms with Crippen LogP contribution in [0.3, 0.4) is 0 Å². The third-order valence-corrected chi connectivity index (χ3v) is 2.40. The van der Waals surface area contributed by atoms with Crippen molar-refractivity contribution in [3.05, 3.63) is 60.7 Å². The third-order valence-electron chi connectivity index (χ3n) is 2.40. The molecular formula is C15H16O. The molecule has 82 valence electrons. The predicted octanol–water partition coefficient (Wildman–Crippen LogP) is 3.66. The Morgan fingerprint density at radius 3 is 2.06 bits per heavy atom. The number of allylic oxidation sites excluding steroid dienone is 1. The van der Waals surface area contributed by atoms with E-state index in [1.165, 1.54) is 6.08 Å². The molecule has 0 aromatic heterocycles. The Bertz CT molecular complexity index is 401. The summed E-state index contributed by atoms with van der Waals surface area (Å²) in [5.41, 5.74) is 3.24. The maximum Gasteiger partial charge on any atom is 0.155 e. The Morgan fingerprint density at radius 1 is 1.06 bits per heavy atom. The van der Waals surface area contributed by atoms with Gasteiger partial charge in [-0.05, 0) is 35.3 Å². The van der Waals surface area contributed by atoms with Gasteiger partial charge in [-0.2, -0.15) is 0 Å². The Labute approximate surface area is 96.8 Å². The zero-order valence-electron chi connectivity index (χ0n) is 9.41. The summed E-state index contributed by atoms with van der Waals surface area (Å²) in [6.07, 6.45) is 6.19. The van der Waals surface area contributed by atoms with Gasteiger partial charge in [-0.25, -0.2) is 0 Å². The largest absolute Gasteiger partial charge is 0.295 e. The number of carbonyl (C=O) groups is 1. The van der Waals surface area contributed by atoms with Gasteiger partial charge in [-0.3, -0.25) is 4.79 Å². The van der Waals surface area contributed by atoms with E-state index in [4.69, 9.17) is 0 Å². The van der Waals surface area contributed by atoms with E-state index in [2.05, 4.69) is 19.7 Å². The second kappa shape index (κ2) is 5.86. The summed E-state index contributed by atoms with van der Waals surface area (Å²) in [5, 5.41) is 0. The molecule has 0 aliphatic heterocycles. The van der Waals surface area contributed by atoms with E-state index in [0.717, 1.165) is 23.1 Å². The van der Waals surface area contributed by atoms with Crippen LogP contribution in [0.5, 0.6) is 0 Å². The van der Waals surface area contributed by atoms with Crippen LogP contribution in [0.4, 0.5) is 0 Å². The average Bonchev–Trinajstić information content (AvgIpc) is 2.35. The van der Waals surface area contributed by atoms with E-state index in [1.807, 2.05) is 18.2 Å². The molecule has 0 unspecified atom stereocenters. The van der Waals surface area contributed by atoms with E-state index in [1.54, 1.807) is 12.2 Å². The first-order valence-electron chi connectivity index (χ1n) is 5.23. The van der Waals surface area contributed by atoms with Crippen LogP contribution in [0.1, 0.15) is 23.1 Å². The van der Waals surface area contributed by atoms with Crippen molar-refractivity contribution in [3.63, 3.8) is 0 Å². The van der Waals surface area contributed by atoms with Crippen molar-refractivity contribution in [1.82, 2.24) is 0 Å². The van der Waals surface area contributed by atoms with Crippen molar-refractivity contribution < 1.29 is 4.79 Å². The van der Waals surface area contributed by atoms with Crippen molar-refractivity contribution >= 4 is 17.9 Å². The summed E-state index contributed by atoms with van der Waals surface area (Å²) in [4.78, 5) is 11.1. The fourth-order valence-corrected chi connectivity index (χ4v) is 1.50. The SMILES string of the molecule is C=CC(=O)CCc1cc(C=C)cc(C=C)c1. The van der Waals surface area contributed by atoms with Gasteiger partial charge in [0.25, 0.3) is 0 Å². The third kappa shape index (κ3) is 3.35. The number of carbonyl (C=O) groups excluding carboxylic acids is 1. The molecule has 0 amide bonds.